The number of fused-ring (bicyclic) bond motifs is 3. The van der Waals surface area contributed by atoms with Gasteiger partial charge in [-0.3, -0.25) is 14.4 Å². The molecule has 2 aromatic rings. The Balaban J connectivity index is 1.60. The Morgan fingerprint density at radius 2 is 2.00 bits per heavy atom. The maximum absolute atomic E-state index is 13.8. The molecule has 3 unspecified atom stereocenters. The maximum atomic E-state index is 13.8. The van der Waals surface area contributed by atoms with Crippen LogP contribution in [-0.2, 0) is 22.6 Å². The second kappa shape index (κ2) is 8.43. The topological polar surface area (TPSA) is 179 Å². The summed E-state index contributed by atoms with van der Waals surface area (Å²) in [6, 6.07) is 3.42. The highest BCUT2D eigenvalue weighted by Gasteiger charge is 2.50. The van der Waals surface area contributed by atoms with Crippen molar-refractivity contribution in [2.24, 2.45) is 23.5 Å². The van der Waals surface area contributed by atoms with Crippen LogP contribution in [0.3, 0.4) is 0 Å². The molecule has 3 aliphatic rings. The molecule has 1 aromatic carbocycles. The highest BCUT2D eigenvalue weighted by molar-refractivity contribution is 6.22. The van der Waals surface area contributed by atoms with E-state index in [1.54, 1.807) is 12.1 Å². The number of nitrogens with zero attached hydrogens (tertiary/aromatic N) is 2. The lowest BCUT2D eigenvalue weighted by Gasteiger charge is -2.41. The number of primary amides is 1. The van der Waals surface area contributed by atoms with Crippen LogP contribution < -0.4 is 16.0 Å². The molecule has 0 saturated heterocycles. The standard InChI is InChI=1S/C25H26N4O7/c1-29(2)14-7-12(9-27-16-3-4-36-28-16)21(31)19-13(14)6-10-5-11-8-15(30)20(25(26)35)24(34)18(11)22(32)17(10)23(19)33/h3-4,7,10-11,18,30-32H,5-6,8-9H2,1-2H3,(H2,26,35)(H,27,28). The van der Waals surface area contributed by atoms with Gasteiger partial charge in [-0.05, 0) is 36.3 Å². The summed E-state index contributed by atoms with van der Waals surface area (Å²) in [5.74, 6) is -5.03. The van der Waals surface area contributed by atoms with Gasteiger partial charge in [-0.15, -0.1) is 0 Å². The second-order valence-corrected chi connectivity index (χ2v) is 9.65. The van der Waals surface area contributed by atoms with Crippen molar-refractivity contribution in [1.82, 2.24) is 5.16 Å². The van der Waals surface area contributed by atoms with Crippen molar-refractivity contribution < 1.29 is 34.2 Å². The van der Waals surface area contributed by atoms with Gasteiger partial charge in [0.05, 0.1) is 11.5 Å². The molecule has 188 valence electrons. The number of nitrogens with two attached hydrogens (primary N) is 1. The van der Waals surface area contributed by atoms with E-state index >= 15 is 0 Å². The molecule has 11 nitrogen and oxygen atoms in total. The number of aromatic hydroxyl groups is 1. The minimum absolute atomic E-state index is 0.00199. The summed E-state index contributed by atoms with van der Waals surface area (Å²) in [7, 11) is 3.67. The minimum atomic E-state index is -1.15. The van der Waals surface area contributed by atoms with E-state index in [9.17, 15) is 29.7 Å². The Kier molecular flexibility index (Phi) is 5.50. The van der Waals surface area contributed by atoms with Crippen LogP contribution in [0.25, 0.3) is 0 Å². The van der Waals surface area contributed by atoms with Crippen molar-refractivity contribution in [3.05, 3.63) is 57.8 Å². The van der Waals surface area contributed by atoms with Crippen LogP contribution in [0.1, 0.15) is 34.3 Å². The molecule has 36 heavy (non-hydrogen) atoms. The number of aliphatic hydroxyl groups is 2. The molecule has 0 aliphatic heterocycles. The summed E-state index contributed by atoms with van der Waals surface area (Å²) >= 11 is 0. The van der Waals surface area contributed by atoms with Crippen LogP contribution in [0.4, 0.5) is 11.5 Å². The number of phenolic OH excluding ortho intramolecular Hbond substituents is 1. The van der Waals surface area contributed by atoms with Crippen LogP contribution >= 0.6 is 0 Å². The van der Waals surface area contributed by atoms with Crippen LogP contribution in [-0.4, -0.2) is 52.0 Å². The highest BCUT2D eigenvalue weighted by atomic mass is 16.5. The first-order chi connectivity index (χ1) is 17.1. The fourth-order valence-electron chi connectivity index (χ4n) is 5.77. The van der Waals surface area contributed by atoms with Crippen LogP contribution in [0.5, 0.6) is 5.75 Å². The van der Waals surface area contributed by atoms with Gasteiger partial charge in [0.15, 0.2) is 17.4 Å². The summed E-state index contributed by atoms with van der Waals surface area (Å²) in [4.78, 5) is 40.4. The smallest absolute Gasteiger partial charge is 0.255 e. The molecule has 0 radical (unpaired) electrons. The van der Waals surface area contributed by atoms with Gasteiger partial charge < -0.3 is 35.8 Å². The maximum Gasteiger partial charge on any atom is 0.255 e. The third-order valence-electron chi connectivity index (χ3n) is 7.32. The van der Waals surface area contributed by atoms with E-state index < -0.39 is 46.6 Å². The number of phenols is 1. The molecule has 1 amide bonds. The number of hydrogen-bond donors (Lipinski definition) is 5. The van der Waals surface area contributed by atoms with Crippen LogP contribution in [0.15, 0.2) is 45.6 Å². The molecule has 0 bridgehead atoms. The first-order valence-electron chi connectivity index (χ1n) is 11.5. The third kappa shape index (κ3) is 3.50. The van der Waals surface area contributed by atoms with Gasteiger partial charge in [0.1, 0.15) is 29.1 Å². The lowest BCUT2D eigenvalue weighted by molar-refractivity contribution is -0.126. The van der Waals surface area contributed by atoms with E-state index in [1.807, 2.05) is 19.0 Å². The predicted octanol–water partition coefficient (Wildman–Crippen LogP) is 2.13. The van der Waals surface area contributed by atoms with Crippen molar-refractivity contribution >= 4 is 29.0 Å². The third-order valence-corrected chi connectivity index (χ3v) is 7.32. The van der Waals surface area contributed by atoms with E-state index in [0.29, 0.717) is 29.8 Å². The van der Waals surface area contributed by atoms with Crippen LogP contribution in [0.2, 0.25) is 0 Å². The number of allylic oxidation sites excluding steroid dienone is 3. The van der Waals surface area contributed by atoms with E-state index in [0.717, 1.165) is 5.69 Å². The monoisotopic (exact) mass is 494 g/mol. The van der Waals surface area contributed by atoms with E-state index in [1.165, 1.54) is 6.26 Å². The number of ketones is 2. The van der Waals surface area contributed by atoms with Crippen molar-refractivity contribution in [3.8, 4) is 5.75 Å². The summed E-state index contributed by atoms with van der Waals surface area (Å²) in [5, 5.41) is 39.4. The SMILES string of the molecule is CN(C)c1cc(CNc2ccon2)c(O)c2c1CC1CC3CC(O)=C(C(N)=O)C(=O)C3C(O)=C1C2=O. The zero-order chi connectivity index (χ0) is 25.9. The van der Waals surface area contributed by atoms with Crippen molar-refractivity contribution in [2.45, 2.75) is 25.8 Å². The number of Topliss-reactive ketones (excluding diaryl/α,β-unsaturated/α-hetero) is 2. The van der Waals surface area contributed by atoms with E-state index in [4.69, 9.17) is 10.3 Å². The summed E-state index contributed by atoms with van der Waals surface area (Å²) in [6.45, 7) is 0.156. The van der Waals surface area contributed by atoms with Crippen molar-refractivity contribution in [1.29, 1.82) is 0 Å². The molecular formula is C25H26N4O7. The Labute approximate surface area is 205 Å². The molecule has 3 aliphatic carbocycles. The first kappa shape index (κ1) is 23.5. The average Bonchev–Trinajstić information content (AvgIpc) is 3.31. The lowest BCUT2D eigenvalue weighted by atomic mass is 9.62. The Morgan fingerprint density at radius 3 is 2.64 bits per heavy atom. The molecule has 0 spiro atoms. The molecule has 1 heterocycles. The fraction of sp³-hybridized carbons (Fsp3) is 0.360. The number of aliphatic hydroxyl groups excluding tert-OH is 2. The van der Waals surface area contributed by atoms with Gasteiger partial charge in [0, 0.05) is 50.0 Å². The second-order valence-electron chi connectivity index (χ2n) is 9.65. The van der Waals surface area contributed by atoms with Gasteiger partial charge in [-0.25, -0.2) is 0 Å². The van der Waals surface area contributed by atoms with E-state index in [2.05, 4.69) is 10.5 Å². The summed E-state index contributed by atoms with van der Waals surface area (Å²) in [6.07, 6.45) is 2.10. The summed E-state index contributed by atoms with van der Waals surface area (Å²) in [5.41, 5.74) is 6.72. The quantitative estimate of drug-likeness (QED) is 0.387. The van der Waals surface area contributed by atoms with Gasteiger partial charge in [-0.2, -0.15) is 0 Å². The number of anilines is 2. The molecule has 3 atom stereocenters. The van der Waals surface area contributed by atoms with Gasteiger partial charge in [-0.1, -0.05) is 5.16 Å². The van der Waals surface area contributed by atoms with E-state index in [-0.39, 0.29) is 35.6 Å². The number of aromatic nitrogens is 1. The Morgan fingerprint density at radius 1 is 1.25 bits per heavy atom. The number of benzene rings is 1. The molecule has 0 saturated carbocycles. The van der Waals surface area contributed by atoms with Gasteiger partial charge >= 0.3 is 0 Å². The molecule has 0 fully saturated rings. The molecule has 1 aromatic heterocycles. The molecular weight excluding hydrogens is 468 g/mol. The first-order valence-corrected chi connectivity index (χ1v) is 11.5. The van der Waals surface area contributed by atoms with Gasteiger partial charge in [0.2, 0.25) is 0 Å². The number of rotatable bonds is 5. The molecule has 11 heteroatoms. The van der Waals surface area contributed by atoms with Crippen LogP contribution in [0, 0.1) is 17.8 Å². The largest absolute Gasteiger partial charge is 0.511 e. The normalized spacial score (nSPS) is 23.2. The number of hydrogen-bond acceptors (Lipinski definition) is 10. The summed E-state index contributed by atoms with van der Waals surface area (Å²) < 4.78 is 4.81. The minimum Gasteiger partial charge on any atom is -0.511 e. The van der Waals surface area contributed by atoms with Gasteiger partial charge in [0.25, 0.3) is 5.91 Å². The number of amides is 1. The number of carbonyl (C=O) groups is 3. The fourth-order valence-corrected chi connectivity index (χ4v) is 5.77. The zero-order valence-electron chi connectivity index (χ0n) is 19.7. The molecule has 5 rings (SSSR count). The molecule has 6 N–H and O–H groups in total. The predicted molar refractivity (Wildman–Crippen MR) is 128 cm³/mol. The number of carbonyl (C=O) groups excluding carboxylic acids is 3. The van der Waals surface area contributed by atoms with Crippen molar-refractivity contribution in [3.63, 3.8) is 0 Å². The van der Waals surface area contributed by atoms with Crippen molar-refractivity contribution in [2.75, 3.05) is 24.3 Å². The number of nitrogens with one attached hydrogen (secondary N) is 1. The highest BCUT2D eigenvalue weighted by Crippen LogP contribution is 2.51. The Hall–Kier alpha value is -4.28. The zero-order valence-corrected chi connectivity index (χ0v) is 19.7. The average molecular weight is 495 g/mol. The lowest BCUT2D eigenvalue weighted by Crippen LogP contribution is -2.43. The Bertz CT molecular complexity index is 1360.